The molecule has 1 aromatic heterocycles. The number of pyridine rings is 1. The molecule has 2 aliphatic heterocycles. The molecule has 8 nitrogen and oxygen atoms in total. The summed E-state index contributed by atoms with van der Waals surface area (Å²) in [6.07, 6.45) is 1.71. The molecule has 0 unspecified atom stereocenters. The molecule has 1 aromatic carbocycles. The number of methoxy groups -OCH3 is 2. The van der Waals surface area contributed by atoms with Crippen molar-refractivity contribution in [2.45, 2.75) is 26.4 Å². The van der Waals surface area contributed by atoms with E-state index in [4.69, 9.17) is 14.2 Å². The molecule has 0 spiro atoms. The third kappa shape index (κ3) is 3.14. The number of cyclic esters (lactones) is 1. The minimum absolute atomic E-state index is 0.0370. The predicted octanol–water partition coefficient (Wildman–Crippen LogP) is 2.79. The Morgan fingerprint density at radius 1 is 1.20 bits per heavy atom. The first-order valence-corrected chi connectivity index (χ1v) is 9.56. The van der Waals surface area contributed by atoms with Crippen LogP contribution in [0.1, 0.15) is 28.4 Å². The van der Waals surface area contributed by atoms with Crippen LogP contribution in [0.4, 0.5) is 4.79 Å². The van der Waals surface area contributed by atoms with Crippen molar-refractivity contribution in [3.63, 3.8) is 0 Å². The Kier molecular flexibility index (Phi) is 5.07. The summed E-state index contributed by atoms with van der Waals surface area (Å²) in [7, 11) is 3.16. The van der Waals surface area contributed by atoms with E-state index in [2.05, 4.69) is 10.3 Å². The number of esters is 1. The van der Waals surface area contributed by atoms with Crippen LogP contribution in [0.25, 0.3) is 0 Å². The summed E-state index contributed by atoms with van der Waals surface area (Å²) < 4.78 is 16.2. The SMILES string of the molecule is COc1ccccc1[C@H]1NC(=O)N(Cc2ncc(C)c(OC)c2C)C2=C1C(=O)OC2. The second kappa shape index (κ2) is 7.70. The van der Waals surface area contributed by atoms with E-state index in [1.54, 1.807) is 26.5 Å². The Morgan fingerprint density at radius 3 is 2.70 bits per heavy atom. The van der Waals surface area contributed by atoms with E-state index in [1.807, 2.05) is 32.0 Å². The maximum absolute atomic E-state index is 13.1. The van der Waals surface area contributed by atoms with Gasteiger partial charge in [0, 0.05) is 22.9 Å². The highest BCUT2D eigenvalue weighted by Crippen LogP contribution is 2.39. The van der Waals surface area contributed by atoms with Crippen LogP contribution in [0.15, 0.2) is 41.7 Å². The fourth-order valence-corrected chi connectivity index (χ4v) is 4.00. The molecule has 0 radical (unpaired) electrons. The molecule has 3 heterocycles. The van der Waals surface area contributed by atoms with Gasteiger partial charge in [-0.25, -0.2) is 9.59 Å². The highest BCUT2D eigenvalue weighted by atomic mass is 16.5. The van der Waals surface area contributed by atoms with Crippen LogP contribution in [-0.2, 0) is 16.1 Å². The second-order valence-electron chi connectivity index (χ2n) is 7.19. The van der Waals surface area contributed by atoms with Crippen LogP contribution >= 0.6 is 0 Å². The molecule has 1 N–H and O–H groups in total. The topological polar surface area (TPSA) is 90.0 Å². The molecule has 0 saturated heterocycles. The van der Waals surface area contributed by atoms with Gasteiger partial charge in [0.15, 0.2) is 0 Å². The van der Waals surface area contributed by atoms with Crippen LogP contribution in [0, 0.1) is 13.8 Å². The number of hydrogen-bond donors (Lipinski definition) is 1. The lowest BCUT2D eigenvalue weighted by Crippen LogP contribution is -2.47. The van der Waals surface area contributed by atoms with Crippen LogP contribution in [-0.4, -0.2) is 42.7 Å². The molecule has 156 valence electrons. The molecule has 2 amide bonds. The Morgan fingerprint density at radius 2 is 1.97 bits per heavy atom. The standard InChI is InChI=1S/C22H23N3O5/c1-12-9-23-15(13(2)20(12)29-4)10-25-16-11-30-21(26)18(16)19(24-22(25)27)14-7-5-6-8-17(14)28-3/h5-9,19H,10-11H2,1-4H3,(H,24,27)/t19-/m1/s1. The van der Waals surface area contributed by atoms with Crippen molar-refractivity contribution >= 4 is 12.0 Å². The number of carbonyl (C=O) groups is 2. The zero-order valence-corrected chi connectivity index (χ0v) is 17.3. The van der Waals surface area contributed by atoms with E-state index in [0.717, 1.165) is 16.9 Å². The summed E-state index contributed by atoms with van der Waals surface area (Å²) in [6, 6.07) is 6.32. The number of para-hydroxylation sites is 1. The lowest BCUT2D eigenvalue weighted by atomic mass is 9.95. The Bertz CT molecular complexity index is 1060. The average molecular weight is 409 g/mol. The van der Waals surface area contributed by atoms with Crippen molar-refractivity contribution in [3.05, 3.63) is 64.1 Å². The van der Waals surface area contributed by atoms with Crippen LogP contribution in [0.5, 0.6) is 11.5 Å². The van der Waals surface area contributed by atoms with E-state index >= 15 is 0 Å². The molecule has 8 heteroatoms. The lowest BCUT2D eigenvalue weighted by Gasteiger charge is -2.33. The van der Waals surface area contributed by atoms with Gasteiger partial charge in [-0.3, -0.25) is 9.88 Å². The van der Waals surface area contributed by atoms with Crippen molar-refractivity contribution in [1.82, 2.24) is 15.2 Å². The number of ether oxygens (including phenoxy) is 3. The van der Waals surface area contributed by atoms with Gasteiger partial charge in [-0.15, -0.1) is 0 Å². The van der Waals surface area contributed by atoms with Gasteiger partial charge in [0.2, 0.25) is 0 Å². The molecule has 0 aliphatic carbocycles. The van der Waals surface area contributed by atoms with Gasteiger partial charge < -0.3 is 19.5 Å². The fraction of sp³-hybridized carbons (Fsp3) is 0.318. The monoisotopic (exact) mass is 409 g/mol. The number of hydrogen-bond acceptors (Lipinski definition) is 6. The highest BCUT2D eigenvalue weighted by molar-refractivity contribution is 5.97. The molecule has 0 saturated carbocycles. The second-order valence-corrected chi connectivity index (χ2v) is 7.19. The summed E-state index contributed by atoms with van der Waals surface area (Å²) >= 11 is 0. The maximum Gasteiger partial charge on any atom is 0.338 e. The maximum atomic E-state index is 13.1. The minimum Gasteiger partial charge on any atom is -0.496 e. The summed E-state index contributed by atoms with van der Waals surface area (Å²) in [5.74, 6) is 0.873. The number of nitrogens with one attached hydrogen (secondary N) is 1. The molecular formula is C22H23N3O5. The van der Waals surface area contributed by atoms with Crippen LogP contribution in [0.3, 0.4) is 0 Å². The van der Waals surface area contributed by atoms with E-state index in [-0.39, 0.29) is 19.2 Å². The third-order valence-electron chi connectivity index (χ3n) is 5.51. The third-order valence-corrected chi connectivity index (χ3v) is 5.51. The lowest BCUT2D eigenvalue weighted by molar-refractivity contribution is -0.136. The van der Waals surface area contributed by atoms with Gasteiger partial charge >= 0.3 is 12.0 Å². The summed E-state index contributed by atoms with van der Waals surface area (Å²) in [6.45, 7) is 4.05. The zero-order chi connectivity index (χ0) is 21.4. The number of aromatic nitrogens is 1. The van der Waals surface area contributed by atoms with Crippen molar-refractivity contribution in [2.75, 3.05) is 20.8 Å². The normalized spacial score (nSPS) is 18.1. The van der Waals surface area contributed by atoms with Crippen molar-refractivity contribution < 1.29 is 23.8 Å². The van der Waals surface area contributed by atoms with Gasteiger partial charge in [-0.05, 0) is 19.9 Å². The molecule has 4 rings (SSSR count). The number of rotatable bonds is 5. The van der Waals surface area contributed by atoms with Gasteiger partial charge in [-0.1, -0.05) is 18.2 Å². The van der Waals surface area contributed by atoms with Gasteiger partial charge in [-0.2, -0.15) is 0 Å². The molecule has 30 heavy (non-hydrogen) atoms. The zero-order valence-electron chi connectivity index (χ0n) is 17.3. The number of nitrogens with zero attached hydrogens (tertiary/aromatic N) is 2. The number of urea groups is 1. The van der Waals surface area contributed by atoms with Crippen LogP contribution in [0.2, 0.25) is 0 Å². The first-order chi connectivity index (χ1) is 14.5. The molecule has 0 bridgehead atoms. The largest absolute Gasteiger partial charge is 0.496 e. The Labute approximate surface area is 174 Å². The molecule has 0 fully saturated rings. The van der Waals surface area contributed by atoms with Crippen molar-refractivity contribution in [2.24, 2.45) is 0 Å². The number of amides is 2. The Balaban J connectivity index is 1.76. The van der Waals surface area contributed by atoms with Crippen molar-refractivity contribution in [3.8, 4) is 11.5 Å². The molecule has 2 aromatic rings. The van der Waals surface area contributed by atoms with Gasteiger partial charge in [0.1, 0.15) is 18.1 Å². The first-order valence-electron chi connectivity index (χ1n) is 9.56. The fourth-order valence-electron chi connectivity index (χ4n) is 4.00. The van der Waals surface area contributed by atoms with E-state index in [0.29, 0.717) is 28.3 Å². The Hall–Kier alpha value is -3.55. The molecule has 1 atom stereocenters. The predicted molar refractivity (Wildman–Crippen MR) is 108 cm³/mol. The summed E-state index contributed by atoms with van der Waals surface area (Å²) in [4.78, 5) is 31.6. The van der Waals surface area contributed by atoms with Crippen molar-refractivity contribution in [1.29, 1.82) is 0 Å². The molecular weight excluding hydrogens is 386 g/mol. The highest BCUT2D eigenvalue weighted by Gasteiger charge is 2.43. The quantitative estimate of drug-likeness (QED) is 0.764. The summed E-state index contributed by atoms with van der Waals surface area (Å²) in [5, 5.41) is 2.93. The van der Waals surface area contributed by atoms with E-state index in [1.165, 1.54) is 4.90 Å². The minimum atomic E-state index is -0.642. The van der Waals surface area contributed by atoms with E-state index < -0.39 is 12.0 Å². The van der Waals surface area contributed by atoms with E-state index in [9.17, 15) is 9.59 Å². The van der Waals surface area contributed by atoms with Gasteiger partial charge in [0.05, 0.1) is 43.8 Å². The van der Waals surface area contributed by atoms with Gasteiger partial charge in [0.25, 0.3) is 0 Å². The average Bonchev–Trinajstić information content (AvgIpc) is 3.13. The molecule has 2 aliphatic rings. The number of carbonyl (C=O) groups excluding carboxylic acids is 2. The first kappa shape index (κ1) is 19.8. The summed E-state index contributed by atoms with van der Waals surface area (Å²) in [5.41, 5.74) is 4.11. The number of aryl methyl sites for hydroxylation is 1. The van der Waals surface area contributed by atoms with Crippen LogP contribution < -0.4 is 14.8 Å². The number of benzene rings is 1. The smallest absolute Gasteiger partial charge is 0.338 e.